The molecule has 0 aliphatic rings. The Kier molecular flexibility index (Phi) is 5.31. The number of nitrogens with zero attached hydrogens (tertiary/aromatic N) is 1. The zero-order valence-corrected chi connectivity index (χ0v) is 13.2. The van der Waals surface area contributed by atoms with Gasteiger partial charge in [0.1, 0.15) is 0 Å². The maximum Gasteiger partial charge on any atom is 0.161 e. The van der Waals surface area contributed by atoms with Crippen LogP contribution in [0.25, 0.3) is 6.08 Å². The lowest BCUT2D eigenvalue weighted by atomic mass is 10.2. The molecule has 0 fully saturated rings. The van der Waals surface area contributed by atoms with Crippen LogP contribution in [0.5, 0.6) is 11.5 Å². The van der Waals surface area contributed by atoms with Crippen molar-refractivity contribution in [3.63, 3.8) is 0 Å². The molecular formula is C18H22N2O2. The maximum absolute atomic E-state index is 5.69. The van der Waals surface area contributed by atoms with Gasteiger partial charge in [-0.2, -0.15) is 0 Å². The van der Waals surface area contributed by atoms with Crippen molar-refractivity contribution < 1.29 is 9.47 Å². The van der Waals surface area contributed by atoms with Gasteiger partial charge in [0.15, 0.2) is 11.5 Å². The Hall–Kier alpha value is -2.62. The molecule has 0 saturated carbocycles. The highest BCUT2D eigenvalue weighted by atomic mass is 16.5. The van der Waals surface area contributed by atoms with Gasteiger partial charge in [0.25, 0.3) is 0 Å². The normalized spacial score (nSPS) is 10.7. The van der Waals surface area contributed by atoms with E-state index in [2.05, 4.69) is 4.90 Å². The molecular weight excluding hydrogens is 276 g/mol. The highest BCUT2D eigenvalue weighted by Crippen LogP contribution is 2.28. The molecule has 0 unspecified atom stereocenters. The van der Waals surface area contributed by atoms with Crippen LogP contribution < -0.4 is 15.2 Å². The fraction of sp³-hybridized carbons (Fsp3) is 0.222. The van der Waals surface area contributed by atoms with E-state index in [0.29, 0.717) is 0 Å². The van der Waals surface area contributed by atoms with E-state index in [-0.39, 0.29) is 0 Å². The second-order valence-electron chi connectivity index (χ2n) is 5.09. The van der Waals surface area contributed by atoms with Crippen molar-refractivity contribution in [3.05, 3.63) is 59.8 Å². The van der Waals surface area contributed by atoms with Gasteiger partial charge < -0.3 is 20.1 Å². The molecule has 2 rings (SSSR count). The summed E-state index contributed by atoms with van der Waals surface area (Å²) in [6.07, 6.45) is 4.08. The zero-order valence-electron chi connectivity index (χ0n) is 13.2. The minimum absolute atomic E-state index is 0.728. The van der Waals surface area contributed by atoms with Gasteiger partial charge in [0.2, 0.25) is 0 Å². The number of nitrogens with two attached hydrogens (primary N) is 1. The van der Waals surface area contributed by atoms with Gasteiger partial charge in [0.05, 0.1) is 14.2 Å². The van der Waals surface area contributed by atoms with Crippen LogP contribution in [-0.2, 0) is 6.54 Å². The molecule has 4 heteroatoms. The molecule has 0 aromatic heterocycles. The lowest BCUT2D eigenvalue weighted by Gasteiger charge is -2.14. The van der Waals surface area contributed by atoms with Crippen molar-refractivity contribution in [1.82, 2.24) is 4.90 Å². The SMILES string of the molecule is COc1ccc(C=CN(C)Cc2ccc(N)cc2)cc1OC. The molecule has 0 heterocycles. The molecule has 0 atom stereocenters. The second-order valence-corrected chi connectivity index (χ2v) is 5.09. The van der Waals surface area contributed by atoms with Crippen LogP contribution in [-0.4, -0.2) is 26.2 Å². The Balaban J connectivity index is 2.02. The molecule has 0 aliphatic heterocycles. The summed E-state index contributed by atoms with van der Waals surface area (Å²) in [6, 6.07) is 13.8. The van der Waals surface area contributed by atoms with E-state index in [9.17, 15) is 0 Å². The predicted molar refractivity (Wildman–Crippen MR) is 90.9 cm³/mol. The monoisotopic (exact) mass is 298 g/mol. The summed E-state index contributed by atoms with van der Waals surface area (Å²) in [4.78, 5) is 2.11. The number of benzene rings is 2. The van der Waals surface area contributed by atoms with Crippen molar-refractivity contribution in [2.45, 2.75) is 6.54 Å². The number of nitrogen functional groups attached to an aromatic ring is 1. The van der Waals surface area contributed by atoms with Crippen LogP contribution in [0.1, 0.15) is 11.1 Å². The quantitative estimate of drug-likeness (QED) is 0.830. The summed E-state index contributed by atoms with van der Waals surface area (Å²) in [7, 11) is 5.31. The zero-order chi connectivity index (χ0) is 15.9. The molecule has 0 bridgehead atoms. The summed E-state index contributed by atoms with van der Waals surface area (Å²) in [5, 5.41) is 0. The predicted octanol–water partition coefficient (Wildman–Crippen LogP) is 3.39. The third-order valence-electron chi connectivity index (χ3n) is 3.34. The number of methoxy groups -OCH3 is 2. The van der Waals surface area contributed by atoms with Crippen LogP contribution in [0.4, 0.5) is 5.69 Å². The van der Waals surface area contributed by atoms with Crippen LogP contribution in [0.2, 0.25) is 0 Å². The van der Waals surface area contributed by atoms with E-state index < -0.39 is 0 Å². The minimum atomic E-state index is 0.728. The molecule has 2 aromatic rings. The molecule has 0 spiro atoms. The number of anilines is 1. The van der Waals surface area contributed by atoms with Crippen LogP contribution in [0, 0.1) is 0 Å². The molecule has 0 saturated heterocycles. The standard InChI is InChI=1S/C18H22N2O2/c1-20(13-15-4-7-16(19)8-5-15)11-10-14-6-9-17(21-2)18(12-14)22-3/h4-12H,13,19H2,1-3H3. The lowest BCUT2D eigenvalue weighted by Crippen LogP contribution is -2.09. The Bertz CT molecular complexity index is 636. The van der Waals surface area contributed by atoms with Crippen molar-refractivity contribution >= 4 is 11.8 Å². The topological polar surface area (TPSA) is 47.7 Å². The van der Waals surface area contributed by atoms with Crippen molar-refractivity contribution in [2.24, 2.45) is 0 Å². The lowest BCUT2D eigenvalue weighted by molar-refractivity contribution is 0.355. The third kappa shape index (κ3) is 4.19. The Labute approximate surface area is 131 Å². The molecule has 0 radical (unpaired) electrons. The first-order chi connectivity index (χ1) is 10.6. The first-order valence-electron chi connectivity index (χ1n) is 7.07. The van der Waals surface area contributed by atoms with Crippen molar-refractivity contribution in [2.75, 3.05) is 27.0 Å². The number of hydrogen-bond acceptors (Lipinski definition) is 4. The van der Waals surface area contributed by atoms with E-state index in [1.54, 1.807) is 14.2 Å². The smallest absolute Gasteiger partial charge is 0.161 e. The van der Waals surface area contributed by atoms with E-state index >= 15 is 0 Å². The number of hydrogen-bond donors (Lipinski definition) is 1. The fourth-order valence-electron chi connectivity index (χ4n) is 2.13. The molecule has 22 heavy (non-hydrogen) atoms. The first kappa shape index (κ1) is 15.8. The Morgan fingerprint density at radius 3 is 2.32 bits per heavy atom. The van der Waals surface area contributed by atoms with Crippen molar-refractivity contribution in [3.8, 4) is 11.5 Å². The fourth-order valence-corrected chi connectivity index (χ4v) is 2.13. The molecule has 2 aromatic carbocycles. The van der Waals surface area contributed by atoms with Crippen LogP contribution >= 0.6 is 0 Å². The Morgan fingerprint density at radius 2 is 1.68 bits per heavy atom. The van der Waals surface area contributed by atoms with E-state index in [0.717, 1.165) is 29.3 Å². The summed E-state index contributed by atoms with van der Waals surface area (Å²) in [5.74, 6) is 1.46. The van der Waals surface area contributed by atoms with Gasteiger partial charge in [-0.25, -0.2) is 0 Å². The largest absolute Gasteiger partial charge is 0.493 e. The van der Waals surface area contributed by atoms with E-state index in [4.69, 9.17) is 15.2 Å². The Morgan fingerprint density at radius 1 is 1.00 bits per heavy atom. The highest BCUT2D eigenvalue weighted by Gasteiger charge is 2.03. The summed E-state index contributed by atoms with van der Waals surface area (Å²) < 4.78 is 10.5. The van der Waals surface area contributed by atoms with Gasteiger partial charge in [0, 0.05) is 19.3 Å². The molecule has 2 N–H and O–H groups in total. The summed E-state index contributed by atoms with van der Waals surface area (Å²) in [6.45, 7) is 0.823. The molecule has 116 valence electrons. The van der Waals surface area contributed by atoms with E-state index in [1.807, 2.05) is 61.8 Å². The third-order valence-corrected chi connectivity index (χ3v) is 3.34. The van der Waals surface area contributed by atoms with Crippen LogP contribution in [0.3, 0.4) is 0 Å². The average Bonchev–Trinajstić information content (AvgIpc) is 2.54. The molecule has 4 nitrogen and oxygen atoms in total. The average molecular weight is 298 g/mol. The highest BCUT2D eigenvalue weighted by molar-refractivity contribution is 5.55. The van der Waals surface area contributed by atoms with Gasteiger partial charge in [-0.05, 0) is 47.7 Å². The second kappa shape index (κ2) is 7.41. The first-order valence-corrected chi connectivity index (χ1v) is 7.07. The number of ether oxygens (including phenoxy) is 2. The summed E-state index contributed by atoms with van der Waals surface area (Å²) in [5.41, 5.74) is 8.75. The van der Waals surface area contributed by atoms with Crippen molar-refractivity contribution in [1.29, 1.82) is 0 Å². The maximum atomic E-state index is 5.69. The molecule has 0 aliphatic carbocycles. The number of rotatable bonds is 6. The van der Waals surface area contributed by atoms with Gasteiger partial charge in [-0.3, -0.25) is 0 Å². The molecule has 0 amide bonds. The van der Waals surface area contributed by atoms with Gasteiger partial charge in [-0.1, -0.05) is 18.2 Å². The van der Waals surface area contributed by atoms with Gasteiger partial charge >= 0.3 is 0 Å². The van der Waals surface area contributed by atoms with E-state index in [1.165, 1.54) is 5.56 Å². The summed E-state index contributed by atoms with van der Waals surface area (Å²) >= 11 is 0. The minimum Gasteiger partial charge on any atom is -0.493 e. The van der Waals surface area contributed by atoms with Crippen LogP contribution in [0.15, 0.2) is 48.7 Å². The van der Waals surface area contributed by atoms with Gasteiger partial charge in [-0.15, -0.1) is 0 Å².